The van der Waals surface area contributed by atoms with E-state index >= 15 is 0 Å². The number of fused-ring (bicyclic) bond motifs is 1. The number of carbonyl (C=O) groups excluding carboxylic acids is 1. The van der Waals surface area contributed by atoms with Gasteiger partial charge < -0.3 is 4.74 Å². The number of benzene rings is 4. The van der Waals surface area contributed by atoms with Crippen LogP contribution in [0.1, 0.15) is 18.1 Å². The minimum absolute atomic E-state index is 0.0380. The first-order valence-corrected chi connectivity index (χ1v) is 11.1. The first kappa shape index (κ1) is 24.2. The van der Waals surface area contributed by atoms with E-state index in [1.807, 2.05) is 42.5 Å². The second-order valence-electron chi connectivity index (χ2n) is 8.28. The van der Waals surface area contributed by atoms with Gasteiger partial charge in [0.05, 0.1) is 11.3 Å². The van der Waals surface area contributed by atoms with Gasteiger partial charge in [-0.1, -0.05) is 54.6 Å². The SMILES string of the molecule is CC1=NN(c2c(F)c(F)c(F)c(F)c2F)C(=O)/C1=C\c1cccc(OCc2cccc3ccccc23)c1. The topological polar surface area (TPSA) is 41.9 Å². The van der Waals surface area contributed by atoms with Gasteiger partial charge in [-0.25, -0.2) is 22.0 Å². The van der Waals surface area contributed by atoms with Crippen LogP contribution < -0.4 is 9.75 Å². The summed E-state index contributed by atoms with van der Waals surface area (Å²) in [6, 6.07) is 20.5. The van der Waals surface area contributed by atoms with Crippen LogP contribution in [0, 0.1) is 29.1 Å². The van der Waals surface area contributed by atoms with Gasteiger partial charge in [0, 0.05) is 0 Å². The molecule has 0 bridgehead atoms. The molecule has 186 valence electrons. The van der Waals surface area contributed by atoms with Crippen molar-refractivity contribution in [2.45, 2.75) is 13.5 Å². The number of anilines is 1. The molecule has 0 saturated carbocycles. The summed E-state index contributed by atoms with van der Waals surface area (Å²) in [5.74, 6) is -11.5. The van der Waals surface area contributed by atoms with Crippen LogP contribution in [-0.2, 0) is 11.4 Å². The Morgan fingerprint density at radius 2 is 1.49 bits per heavy atom. The number of ether oxygens (including phenoxy) is 1. The molecule has 0 spiro atoms. The molecule has 0 N–H and O–H groups in total. The molecule has 0 atom stereocenters. The Kier molecular flexibility index (Phi) is 6.20. The van der Waals surface area contributed by atoms with Crippen molar-refractivity contribution in [2.75, 3.05) is 5.01 Å². The van der Waals surface area contributed by atoms with E-state index in [1.54, 1.807) is 24.3 Å². The summed E-state index contributed by atoms with van der Waals surface area (Å²) >= 11 is 0. The Morgan fingerprint density at radius 1 is 0.838 bits per heavy atom. The molecule has 4 aromatic rings. The van der Waals surface area contributed by atoms with E-state index < -0.39 is 40.7 Å². The quantitative estimate of drug-likeness (QED) is 0.127. The standard InChI is InChI=1S/C28H17F5N2O2/c1-15-21(28(36)35(34-15)27-25(32)23(30)22(29)24(31)26(27)33)13-16-6-4-10-19(12-16)37-14-18-9-5-8-17-7-2-3-11-20(17)18/h2-13H,14H2,1H3/b21-13-. The Morgan fingerprint density at radius 3 is 2.24 bits per heavy atom. The largest absolute Gasteiger partial charge is 0.489 e. The molecule has 0 saturated heterocycles. The highest BCUT2D eigenvalue weighted by molar-refractivity contribution is 6.32. The lowest BCUT2D eigenvalue weighted by atomic mass is 10.1. The van der Waals surface area contributed by atoms with Crippen LogP contribution in [0.15, 0.2) is 77.4 Å². The van der Waals surface area contributed by atoms with Gasteiger partial charge in [-0.3, -0.25) is 4.79 Å². The van der Waals surface area contributed by atoms with Gasteiger partial charge in [0.15, 0.2) is 23.3 Å². The lowest BCUT2D eigenvalue weighted by Crippen LogP contribution is -2.25. The van der Waals surface area contributed by atoms with Gasteiger partial charge in [-0.05, 0) is 47.0 Å². The molecule has 1 aliphatic rings. The molecule has 9 heteroatoms. The molecule has 1 heterocycles. The second-order valence-corrected chi connectivity index (χ2v) is 8.28. The van der Waals surface area contributed by atoms with Gasteiger partial charge in [-0.15, -0.1) is 0 Å². The van der Waals surface area contributed by atoms with Crippen LogP contribution in [0.3, 0.4) is 0 Å². The van der Waals surface area contributed by atoms with Gasteiger partial charge in [0.1, 0.15) is 18.0 Å². The molecule has 0 aromatic heterocycles. The van der Waals surface area contributed by atoms with Gasteiger partial charge in [0.2, 0.25) is 5.82 Å². The van der Waals surface area contributed by atoms with Crippen LogP contribution in [0.2, 0.25) is 0 Å². The summed E-state index contributed by atoms with van der Waals surface area (Å²) in [4.78, 5) is 12.9. The maximum atomic E-state index is 14.3. The number of nitrogens with zero attached hydrogens (tertiary/aromatic N) is 2. The van der Waals surface area contributed by atoms with Gasteiger partial charge in [-0.2, -0.15) is 10.1 Å². The van der Waals surface area contributed by atoms with Crippen LogP contribution in [0.5, 0.6) is 5.75 Å². The molecule has 1 amide bonds. The number of carbonyl (C=O) groups is 1. The minimum Gasteiger partial charge on any atom is -0.489 e. The van der Waals surface area contributed by atoms with Crippen molar-refractivity contribution in [3.63, 3.8) is 0 Å². The number of halogens is 5. The number of rotatable bonds is 5. The highest BCUT2D eigenvalue weighted by atomic mass is 19.2. The average molecular weight is 508 g/mol. The third-order valence-corrected chi connectivity index (χ3v) is 5.90. The fourth-order valence-electron chi connectivity index (χ4n) is 4.06. The lowest BCUT2D eigenvalue weighted by Gasteiger charge is -2.15. The number of hydrogen-bond acceptors (Lipinski definition) is 3. The third kappa shape index (κ3) is 4.33. The first-order valence-electron chi connectivity index (χ1n) is 11.1. The Balaban J connectivity index is 1.41. The molecule has 0 aliphatic carbocycles. The Hall–Kier alpha value is -4.53. The zero-order chi connectivity index (χ0) is 26.3. The molecule has 4 aromatic carbocycles. The maximum Gasteiger partial charge on any atom is 0.280 e. The van der Waals surface area contributed by atoms with Crippen LogP contribution in [0.4, 0.5) is 27.6 Å². The predicted molar refractivity (Wildman–Crippen MR) is 130 cm³/mol. The van der Waals surface area contributed by atoms with E-state index in [4.69, 9.17) is 4.74 Å². The fourth-order valence-corrected chi connectivity index (χ4v) is 4.06. The minimum atomic E-state index is -2.32. The predicted octanol–water partition coefficient (Wildman–Crippen LogP) is 6.92. The molecule has 0 unspecified atom stereocenters. The Labute approximate surface area is 207 Å². The lowest BCUT2D eigenvalue weighted by molar-refractivity contribution is -0.114. The van der Waals surface area contributed by atoms with E-state index in [9.17, 15) is 26.7 Å². The van der Waals surface area contributed by atoms with E-state index in [2.05, 4.69) is 5.10 Å². The van der Waals surface area contributed by atoms with Gasteiger partial charge in [0.25, 0.3) is 5.91 Å². The maximum absolute atomic E-state index is 14.3. The first-order chi connectivity index (χ1) is 17.8. The monoisotopic (exact) mass is 508 g/mol. The van der Waals surface area contributed by atoms with E-state index in [-0.39, 0.29) is 22.9 Å². The summed E-state index contributed by atoms with van der Waals surface area (Å²) in [5.41, 5.74) is 0.0179. The molecule has 1 aliphatic heterocycles. The van der Waals surface area contributed by atoms with E-state index in [0.29, 0.717) is 11.3 Å². The van der Waals surface area contributed by atoms with Crippen molar-refractivity contribution in [3.05, 3.63) is 113 Å². The summed E-state index contributed by atoms with van der Waals surface area (Å²) in [7, 11) is 0. The van der Waals surface area contributed by atoms with Crippen LogP contribution in [-0.4, -0.2) is 11.6 Å². The molecule has 0 fully saturated rings. The molecular formula is C28H17F5N2O2. The molecular weight excluding hydrogens is 491 g/mol. The zero-order valence-electron chi connectivity index (χ0n) is 19.2. The average Bonchev–Trinajstić information content (AvgIpc) is 3.18. The van der Waals surface area contributed by atoms with Crippen LogP contribution in [0.25, 0.3) is 16.8 Å². The van der Waals surface area contributed by atoms with Crippen LogP contribution >= 0.6 is 0 Å². The fraction of sp³-hybridized carbons (Fsp3) is 0.0714. The second kappa shape index (κ2) is 9.50. The van der Waals surface area contributed by atoms with E-state index in [1.165, 1.54) is 13.0 Å². The molecule has 37 heavy (non-hydrogen) atoms. The van der Waals surface area contributed by atoms with Crippen molar-refractivity contribution in [1.29, 1.82) is 0 Å². The summed E-state index contributed by atoms with van der Waals surface area (Å²) in [6.45, 7) is 1.67. The van der Waals surface area contributed by atoms with Crippen molar-refractivity contribution < 1.29 is 31.5 Å². The molecule has 5 rings (SSSR count). The highest BCUT2D eigenvalue weighted by Gasteiger charge is 2.37. The number of hydrazone groups is 1. The van der Waals surface area contributed by atoms with Crippen molar-refractivity contribution >= 4 is 34.2 Å². The zero-order valence-corrected chi connectivity index (χ0v) is 19.2. The third-order valence-electron chi connectivity index (χ3n) is 5.90. The summed E-state index contributed by atoms with van der Waals surface area (Å²) in [5, 5.41) is 6.06. The summed E-state index contributed by atoms with van der Waals surface area (Å²) < 4.78 is 75.2. The van der Waals surface area contributed by atoms with Crippen molar-refractivity contribution in [1.82, 2.24) is 0 Å². The number of amides is 1. The normalized spacial score (nSPS) is 14.5. The number of hydrogen-bond donors (Lipinski definition) is 0. The summed E-state index contributed by atoms with van der Waals surface area (Å²) in [6.07, 6.45) is 1.40. The van der Waals surface area contributed by atoms with Gasteiger partial charge >= 0.3 is 0 Å². The molecule has 0 radical (unpaired) electrons. The highest BCUT2D eigenvalue weighted by Crippen LogP contribution is 2.34. The van der Waals surface area contributed by atoms with Crippen molar-refractivity contribution in [2.24, 2.45) is 5.10 Å². The smallest absolute Gasteiger partial charge is 0.280 e. The van der Waals surface area contributed by atoms with E-state index in [0.717, 1.165) is 16.3 Å². The Bertz CT molecular complexity index is 1600. The molecule has 4 nitrogen and oxygen atoms in total. The van der Waals surface area contributed by atoms with Crippen molar-refractivity contribution in [3.8, 4) is 5.75 Å².